The van der Waals surface area contributed by atoms with Gasteiger partial charge in [0.2, 0.25) is 0 Å². The fraction of sp³-hybridized carbons (Fsp3) is 0.633. The highest BCUT2D eigenvalue weighted by molar-refractivity contribution is 5.82. The molecule has 10 heteroatoms. The molecule has 0 amide bonds. The predicted octanol–water partition coefficient (Wildman–Crippen LogP) is 4.02. The van der Waals surface area contributed by atoms with Gasteiger partial charge in [0.25, 0.3) is 0 Å². The van der Waals surface area contributed by atoms with Crippen molar-refractivity contribution < 1.29 is 9.47 Å². The van der Waals surface area contributed by atoms with Gasteiger partial charge in [-0.2, -0.15) is 9.97 Å². The first-order valence-electron chi connectivity index (χ1n) is 14.8. The van der Waals surface area contributed by atoms with Crippen molar-refractivity contribution in [3.8, 4) is 11.8 Å². The van der Waals surface area contributed by atoms with Crippen LogP contribution in [0.2, 0.25) is 0 Å². The Bertz CT molecular complexity index is 1350. The van der Waals surface area contributed by atoms with Crippen molar-refractivity contribution in [3.05, 3.63) is 39.8 Å². The molecule has 218 valence electrons. The maximum atomic E-state index is 12.9. The van der Waals surface area contributed by atoms with Crippen molar-refractivity contribution in [2.24, 2.45) is 5.41 Å². The standard InChI is InChI=1S/C30H45N7O3/c1-5-6-17-40-28-33-26(31)25-27(34-28)37(29(38)32-25)20-23-8-7-22(18-24(23)39-4)19-35-13-9-30(10-14-35)11-15-36(16-12-30)21(2)3/h7-8,18,21H,5-6,9-17,19-20H2,1-4H3,(H,32,38)(H2,31,33,34). The molecule has 4 heterocycles. The lowest BCUT2D eigenvalue weighted by Gasteiger charge is -2.47. The minimum absolute atomic E-state index is 0.183. The van der Waals surface area contributed by atoms with E-state index >= 15 is 0 Å². The molecule has 2 aliphatic rings. The molecule has 3 aromatic rings. The number of piperidine rings is 2. The first-order valence-corrected chi connectivity index (χ1v) is 14.8. The molecule has 2 fully saturated rings. The Hall–Kier alpha value is -3.11. The molecule has 0 aliphatic carbocycles. The average Bonchev–Trinajstić information content (AvgIpc) is 3.26. The van der Waals surface area contributed by atoms with E-state index in [9.17, 15) is 4.79 Å². The van der Waals surface area contributed by atoms with Crippen LogP contribution in [0.15, 0.2) is 23.0 Å². The molecular formula is C30H45N7O3. The highest BCUT2D eigenvalue weighted by Gasteiger charge is 2.37. The fourth-order valence-corrected chi connectivity index (χ4v) is 6.20. The first kappa shape index (κ1) is 28.4. The van der Waals surface area contributed by atoms with Gasteiger partial charge in [0.05, 0.1) is 20.3 Å². The molecule has 0 bridgehead atoms. The van der Waals surface area contributed by atoms with E-state index < -0.39 is 0 Å². The molecule has 40 heavy (non-hydrogen) atoms. The van der Waals surface area contributed by atoms with Gasteiger partial charge in [-0.05, 0) is 89.2 Å². The Morgan fingerprint density at radius 2 is 1.80 bits per heavy atom. The topological polar surface area (TPSA) is 115 Å². The number of anilines is 1. The summed E-state index contributed by atoms with van der Waals surface area (Å²) in [6, 6.07) is 7.13. The van der Waals surface area contributed by atoms with Gasteiger partial charge in [-0.3, -0.25) is 9.47 Å². The van der Waals surface area contributed by atoms with E-state index in [1.54, 1.807) is 11.7 Å². The Morgan fingerprint density at radius 3 is 2.48 bits per heavy atom. The molecule has 3 N–H and O–H groups in total. The number of nitrogens with two attached hydrogens (primary N) is 1. The Morgan fingerprint density at radius 1 is 1.07 bits per heavy atom. The van der Waals surface area contributed by atoms with Gasteiger partial charge < -0.3 is 25.1 Å². The maximum Gasteiger partial charge on any atom is 0.328 e. The molecule has 0 unspecified atom stereocenters. The van der Waals surface area contributed by atoms with Crippen LogP contribution in [0.5, 0.6) is 11.8 Å². The van der Waals surface area contributed by atoms with E-state index in [1.807, 2.05) is 0 Å². The predicted molar refractivity (Wildman–Crippen MR) is 158 cm³/mol. The Labute approximate surface area is 236 Å². The van der Waals surface area contributed by atoms with Crippen LogP contribution in [0.25, 0.3) is 11.2 Å². The third kappa shape index (κ3) is 6.12. The van der Waals surface area contributed by atoms with Crippen LogP contribution in [0, 0.1) is 5.41 Å². The molecule has 0 atom stereocenters. The number of aromatic nitrogens is 4. The van der Waals surface area contributed by atoms with Crippen molar-refractivity contribution in [2.75, 3.05) is 45.6 Å². The largest absolute Gasteiger partial charge is 0.496 e. The van der Waals surface area contributed by atoms with E-state index in [-0.39, 0.29) is 17.5 Å². The van der Waals surface area contributed by atoms with Crippen molar-refractivity contribution in [2.45, 2.75) is 78.4 Å². The van der Waals surface area contributed by atoms with Gasteiger partial charge >= 0.3 is 11.7 Å². The van der Waals surface area contributed by atoms with Gasteiger partial charge in [-0.1, -0.05) is 25.5 Å². The van der Waals surface area contributed by atoms with Gasteiger partial charge in [-0.15, -0.1) is 0 Å². The lowest BCUT2D eigenvalue weighted by Crippen LogP contribution is -2.48. The van der Waals surface area contributed by atoms with Crippen LogP contribution in [0.1, 0.15) is 70.4 Å². The smallest absolute Gasteiger partial charge is 0.328 e. The fourth-order valence-electron chi connectivity index (χ4n) is 6.20. The van der Waals surface area contributed by atoms with Crippen molar-refractivity contribution in [1.29, 1.82) is 0 Å². The lowest BCUT2D eigenvalue weighted by atomic mass is 9.71. The van der Waals surface area contributed by atoms with Crippen LogP contribution < -0.4 is 20.9 Å². The molecule has 0 radical (unpaired) electrons. The summed E-state index contributed by atoms with van der Waals surface area (Å²) in [6.45, 7) is 13.2. The Kier molecular flexibility index (Phi) is 8.65. The Balaban J connectivity index is 1.26. The molecule has 5 rings (SSSR count). The molecule has 2 aliphatic heterocycles. The van der Waals surface area contributed by atoms with E-state index in [0.29, 0.717) is 35.8 Å². The van der Waals surface area contributed by atoms with Crippen LogP contribution >= 0.6 is 0 Å². The highest BCUT2D eigenvalue weighted by Crippen LogP contribution is 2.42. The zero-order valence-corrected chi connectivity index (χ0v) is 24.5. The van der Waals surface area contributed by atoms with Crippen LogP contribution in [0.3, 0.4) is 0 Å². The number of imidazole rings is 1. The molecule has 1 aromatic carbocycles. The number of methoxy groups -OCH3 is 1. The number of hydrogen-bond acceptors (Lipinski definition) is 8. The summed E-state index contributed by atoms with van der Waals surface area (Å²) in [5.74, 6) is 0.957. The summed E-state index contributed by atoms with van der Waals surface area (Å²) in [4.78, 5) is 29.6. The third-order valence-electron chi connectivity index (χ3n) is 8.95. The maximum absolute atomic E-state index is 12.9. The summed E-state index contributed by atoms with van der Waals surface area (Å²) < 4.78 is 13.0. The average molecular weight is 552 g/mol. The first-order chi connectivity index (χ1) is 19.3. The molecule has 0 saturated carbocycles. The van der Waals surface area contributed by atoms with Crippen LogP contribution in [0.4, 0.5) is 5.82 Å². The number of nitrogen functional groups attached to an aromatic ring is 1. The molecule has 2 saturated heterocycles. The van der Waals surface area contributed by atoms with E-state index in [1.165, 1.54) is 44.3 Å². The van der Waals surface area contributed by atoms with Crippen LogP contribution in [-0.4, -0.2) is 75.3 Å². The van der Waals surface area contributed by atoms with E-state index in [0.717, 1.165) is 43.8 Å². The van der Waals surface area contributed by atoms with Crippen molar-refractivity contribution >= 4 is 17.0 Å². The molecule has 10 nitrogen and oxygen atoms in total. The number of H-pyrrole nitrogens is 1. The second-order valence-corrected chi connectivity index (χ2v) is 11.9. The van der Waals surface area contributed by atoms with Gasteiger partial charge in [0, 0.05) is 18.2 Å². The number of aromatic amines is 1. The number of hydrogen-bond donors (Lipinski definition) is 2. The summed E-state index contributed by atoms with van der Waals surface area (Å²) in [6.07, 6.45) is 7.12. The van der Waals surface area contributed by atoms with E-state index in [4.69, 9.17) is 15.2 Å². The van der Waals surface area contributed by atoms with Crippen molar-refractivity contribution in [3.63, 3.8) is 0 Å². The second kappa shape index (κ2) is 12.2. The second-order valence-electron chi connectivity index (χ2n) is 11.9. The number of benzene rings is 1. The molecule has 2 aromatic heterocycles. The number of likely N-dealkylation sites (tertiary alicyclic amines) is 2. The minimum atomic E-state index is -0.297. The third-order valence-corrected chi connectivity index (χ3v) is 8.95. The summed E-state index contributed by atoms with van der Waals surface area (Å²) in [5, 5.41) is 0. The quantitative estimate of drug-likeness (QED) is 0.363. The summed E-state index contributed by atoms with van der Waals surface area (Å²) >= 11 is 0. The zero-order chi connectivity index (χ0) is 28.3. The summed E-state index contributed by atoms with van der Waals surface area (Å²) in [5.41, 5.74) is 9.31. The minimum Gasteiger partial charge on any atom is -0.496 e. The monoisotopic (exact) mass is 551 g/mol. The van der Waals surface area contributed by atoms with Gasteiger partial charge in [0.1, 0.15) is 11.3 Å². The lowest BCUT2D eigenvalue weighted by molar-refractivity contribution is 0.0230. The number of ether oxygens (including phenoxy) is 2. The number of nitrogens with one attached hydrogen (secondary N) is 1. The normalized spacial score (nSPS) is 18.1. The molecule has 1 spiro atoms. The SMILES string of the molecule is CCCCOc1nc(N)c2[nH]c(=O)n(Cc3ccc(CN4CCC5(CC4)CCN(C(C)C)CC5)cc3OC)c2n1. The molecular weight excluding hydrogens is 506 g/mol. The van der Waals surface area contributed by atoms with Crippen molar-refractivity contribution in [1.82, 2.24) is 29.3 Å². The van der Waals surface area contributed by atoms with Gasteiger partial charge in [0.15, 0.2) is 11.5 Å². The highest BCUT2D eigenvalue weighted by atomic mass is 16.5. The summed E-state index contributed by atoms with van der Waals surface area (Å²) in [7, 11) is 1.68. The number of nitrogens with zero attached hydrogens (tertiary/aromatic N) is 5. The van der Waals surface area contributed by atoms with Gasteiger partial charge in [-0.25, -0.2) is 4.79 Å². The van der Waals surface area contributed by atoms with E-state index in [2.05, 4.69) is 63.7 Å². The number of fused-ring (bicyclic) bond motifs is 1. The van der Waals surface area contributed by atoms with Crippen LogP contribution in [-0.2, 0) is 13.1 Å². The number of rotatable bonds is 10. The number of unbranched alkanes of at least 4 members (excludes halogenated alkanes) is 1. The zero-order valence-electron chi connectivity index (χ0n) is 24.5.